The van der Waals surface area contributed by atoms with Gasteiger partial charge < -0.3 is 10.1 Å². The van der Waals surface area contributed by atoms with Crippen LogP contribution < -0.4 is 10.1 Å². The van der Waals surface area contributed by atoms with E-state index in [-0.39, 0.29) is 5.92 Å². The number of nitrogens with one attached hydrogen (secondary N) is 1. The van der Waals surface area contributed by atoms with Crippen molar-refractivity contribution in [1.82, 2.24) is 5.32 Å². The van der Waals surface area contributed by atoms with Gasteiger partial charge in [-0.15, -0.1) is 0 Å². The molecule has 1 N–H and O–H groups in total. The zero-order chi connectivity index (χ0) is 14.9. The second kappa shape index (κ2) is 5.95. The Morgan fingerprint density at radius 3 is 1.85 bits per heavy atom. The van der Waals surface area contributed by atoms with Gasteiger partial charge in [0.15, 0.2) is 5.75 Å². The highest BCUT2D eigenvalue weighted by atomic mass is 19.2. The van der Waals surface area contributed by atoms with Gasteiger partial charge in [0.2, 0.25) is 29.1 Å². The average molecular weight is 295 g/mol. The smallest absolute Gasteiger partial charge is 0.207 e. The van der Waals surface area contributed by atoms with Crippen LogP contribution in [0.15, 0.2) is 0 Å². The lowest BCUT2D eigenvalue weighted by atomic mass is 9.93. The molecule has 1 fully saturated rings. The summed E-state index contributed by atoms with van der Waals surface area (Å²) < 4.78 is 70.9. The molecule has 0 aliphatic carbocycles. The molecule has 1 heterocycles. The van der Waals surface area contributed by atoms with E-state index in [4.69, 9.17) is 4.74 Å². The van der Waals surface area contributed by atoms with Gasteiger partial charge in [0.1, 0.15) is 0 Å². The van der Waals surface area contributed by atoms with Gasteiger partial charge in [0.05, 0.1) is 6.10 Å². The van der Waals surface area contributed by atoms with Crippen LogP contribution in [0.1, 0.15) is 19.8 Å². The van der Waals surface area contributed by atoms with Crippen molar-refractivity contribution in [3.63, 3.8) is 0 Å². The van der Waals surface area contributed by atoms with Crippen LogP contribution in [-0.2, 0) is 0 Å². The van der Waals surface area contributed by atoms with E-state index in [1.54, 1.807) is 6.92 Å². The number of ether oxygens (including phenoxy) is 1. The van der Waals surface area contributed by atoms with Crippen LogP contribution in [-0.4, -0.2) is 19.2 Å². The highest BCUT2D eigenvalue weighted by Crippen LogP contribution is 2.31. The molecule has 7 heteroatoms. The molecule has 1 aliphatic rings. The standard InChI is InChI=1S/C13H14F5NO/c1-6(7-2-4-19-5-3-7)20-13-11(17)9(15)8(14)10(16)12(13)18/h6-7,19H,2-5H2,1H3. The molecule has 0 bridgehead atoms. The lowest BCUT2D eigenvalue weighted by molar-refractivity contribution is 0.114. The maximum Gasteiger partial charge on any atom is 0.207 e. The van der Waals surface area contributed by atoms with E-state index in [1.807, 2.05) is 0 Å². The van der Waals surface area contributed by atoms with Gasteiger partial charge in [-0.2, -0.15) is 8.78 Å². The zero-order valence-corrected chi connectivity index (χ0v) is 10.8. The van der Waals surface area contributed by atoms with E-state index in [2.05, 4.69) is 5.32 Å². The first-order valence-corrected chi connectivity index (χ1v) is 6.32. The number of rotatable bonds is 3. The molecule has 1 aliphatic heterocycles. The third-order valence-electron chi connectivity index (χ3n) is 3.52. The summed E-state index contributed by atoms with van der Waals surface area (Å²) in [6, 6.07) is 0. The fraction of sp³-hybridized carbons (Fsp3) is 0.538. The molecular formula is C13H14F5NO. The molecule has 0 radical (unpaired) electrons. The predicted molar refractivity (Wildman–Crippen MR) is 61.9 cm³/mol. The van der Waals surface area contributed by atoms with Crippen molar-refractivity contribution in [2.24, 2.45) is 5.92 Å². The van der Waals surface area contributed by atoms with Crippen molar-refractivity contribution < 1.29 is 26.7 Å². The summed E-state index contributed by atoms with van der Waals surface area (Å²) >= 11 is 0. The Morgan fingerprint density at radius 1 is 0.900 bits per heavy atom. The second-order valence-electron chi connectivity index (χ2n) is 4.81. The zero-order valence-electron chi connectivity index (χ0n) is 10.8. The Hall–Kier alpha value is -1.37. The lowest BCUT2D eigenvalue weighted by Crippen LogP contribution is -2.35. The summed E-state index contributed by atoms with van der Waals surface area (Å²) in [6.45, 7) is 3.03. The van der Waals surface area contributed by atoms with Crippen molar-refractivity contribution in [3.8, 4) is 5.75 Å². The molecule has 0 spiro atoms. The predicted octanol–water partition coefficient (Wildman–Crippen LogP) is 3.15. The summed E-state index contributed by atoms with van der Waals surface area (Å²) in [6.07, 6.45) is 0.804. The first kappa shape index (κ1) is 15.0. The van der Waals surface area contributed by atoms with Crippen LogP contribution in [0, 0.1) is 35.0 Å². The van der Waals surface area contributed by atoms with E-state index >= 15 is 0 Å². The molecule has 0 saturated carbocycles. The van der Waals surface area contributed by atoms with E-state index in [1.165, 1.54) is 0 Å². The number of halogens is 5. The minimum Gasteiger partial charge on any atom is -0.484 e. The minimum atomic E-state index is -2.18. The van der Waals surface area contributed by atoms with Gasteiger partial charge in [0.25, 0.3) is 0 Å². The van der Waals surface area contributed by atoms with Crippen LogP contribution in [0.2, 0.25) is 0 Å². The maximum absolute atomic E-state index is 13.5. The molecular weight excluding hydrogens is 281 g/mol. The molecule has 0 aromatic heterocycles. The van der Waals surface area contributed by atoms with Crippen LogP contribution >= 0.6 is 0 Å². The molecule has 1 aromatic carbocycles. The van der Waals surface area contributed by atoms with Crippen molar-refractivity contribution in [2.45, 2.75) is 25.9 Å². The summed E-state index contributed by atoms with van der Waals surface area (Å²) in [7, 11) is 0. The third-order valence-corrected chi connectivity index (χ3v) is 3.52. The van der Waals surface area contributed by atoms with Crippen molar-refractivity contribution in [3.05, 3.63) is 29.1 Å². The van der Waals surface area contributed by atoms with Crippen LogP contribution in [0.4, 0.5) is 22.0 Å². The Morgan fingerprint density at radius 2 is 1.35 bits per heavy atom. The van der Waals surface area contributed by atoms with Crippen molar-refractivity contribution in [2.75, 3.05) is 13.1 Å². The molecule has 20 heavy (non-hydrogen) atoms. The molecule has 1 atom stereocenters. The highest BCUT2D eigenvalue weighted by molar-refractivity contribution is 5.30. The Labute approximate surface area is 112 Å². The van der Waals surface area contributed by atoms with E-state index in [0.29, 0.717) is 0 Å². The molecule has 1 saturated heterocycles. The number of hydrogen-bond donors (Lipinski definition) is 1. The van der Waals surface area contributed by atoms with Gasteiger partial charge in [0, 0.05) is 0 Å². The molecule has 1 unspecified atom stereocenters. The Kier molecular flexibility index (Phi) is 4.47. The summed E-state index contributed by atoms with van der Waals surface area (Å²) in [4.78, 5) is 0. The van der Waals surface area contributed by atoms with Gasteiger partial charge in [-0.1, -0.05) is 0 Å². The molecule has 112 valence electrons. The van der Waals surface area contributed by atoms with Crippen LogP contribution in [0.3, 0.4) is 0 Å². The summed E-state index contributed by atoms with van der Waals surface area (Å²) in [5, 5.41) is 3.11. The fourth-order valence-electron chi connectivity index (χ4n) is 2.28. The van der Waals surface area contributed by atoms with Gasteiger partial charge in [-0.25, -0.2) is 13.2 Å². The first-order valence-electron chi connectivity index (χ1n) is 6.32. The average Bonchev–Trinajstić information content (AvgIpc) is 2.48. The van der Waals surface area contributed by atoms with Crippen LogP contribution in [0.25, 0.3) is 0 Å². The third kappa shape index (κ3) is 2.72. The van der Waals surface area contributed by atoms with E-state index in [0.717, 1.165) is 25.9 Å². The lowest BCUT2D eigenvalue weighted by Gasteiger charge is -2.28. The van der Waals surface area contributed by atoms with Gasteiger partial charge in [-0.05, 0) is 38.8 Å². The second-order valence-corrected chi connectivity index (χ2v) is 4.81. The number of benzene rings is 1. The number of hydrogen-bond acceptors (Lipinski definition) is 2. The quantitative estimate of drug-likeness (QED) is 0.525. The van der Waals surface area contributed by atoms with Gasteiger partial charge >= 0.3 is 0 Å². The first-order chi connectivity index (χ1) is 9.43. The van der Waals surface area contributed by atoms with E-state index in [9.17, 15) is 22.0 Å². The monoisotopic (exact) mass is 295 g/mol. The summed E-state index contributed by atoms with van der Waals surface area (Å²) in [5.74, 6) is -11.2. The fourth-order valence-corrected chi connectivity index (χ4v) is 2.28. The van der Waals surface area contributed by atoms with Gasteiger partial charge in [-0.3, -0.25) is 0 Å². The molecule has 0 amide bonds. The number of piperidine rings is 1. The van der Waals surface area contributed by atoms with Crippen molar-refractivity contribution in [1.29, 1.82) is 0 Å². The molecule has 2 nitrogen and oxygen atoms in total. The SMILES string of the molecule is CC(Oc1c(F)c(F)c(F)c(F)c1F)C1CCNCC1. The highest BCUT2D eigenvalue weighted by Gasteiger charge is 2.30. The largest absolute Gasteiger partial charge is 0.484 e. The molecule has 2 rings (SSSR count). The minimum absolute atomic E-state index is 0.00576. The Bertz CT molecular complexity index is 473. The normalized spacial score (nSPS) is 18.1. The Balaban J connectivity index is 2.24. The van der Waals surface area contributed by atoms with E-state index < -0.39 is 40.9 Å². The summed E-state index contributed by atoms with van der Waals surface area (Å²) in [5.41, 5.74) is 0. The maximum atomic E-state index is 13.5. The van der Waals surface area contributed by atoms with Crippen molar-refractivity contribution >= 4 is 0 Å². The molecule has 1 aromatic rings. The topological polar surface area (TPSA) is 21.3 Å². The van der Waals surface area contributed by atoms with Crippen LogP contribution in [0.5, 0.6) is 5.75 Å².